The number of benzene rings is 3. The van der Waals surface area contributed by atoms with Crippen molar-refractivity contribution in [3.63, 3.8) is 0 Å². The summed E-state index contributed by atoms with van der Waals surface area (Å²) in [7, 11) is -2.72. The predicted octanol–water partition coefficient (Wildman–Crippen LogP) is 6.41. The third-order valence-electron chi connectivity index (χ3n) is 6.10. The van der Waals surface area contributed by atoms with Crippen molar-refractivity contribution in [3.8, 4) is 0 Å². The minimum absolute atomic E-state index is 0.0529. The first-order valence-electron chi connectivity index (χ1n) is 11.2. The highest BCUT2D eigenvalue weighted by Gasteiger charge is 2.40. The zero-order valence-electron chi connectivity index (χ0n) is 20.7. The molecule has 0 radical (unpaired) electrons. The van der Waals surface area contributed by atoms with Crippen molar-refractivity contribution in [2.45, 2.75) is 73.1 Å². The highest BCUT2D eigenvalue weighted by atomic mass is 35.6. The van der Waals surface area contributed by atoms with Crippen LogP contribution in [0.25, 0.3) is 0 Å². The van der Waals surface area contributed by atoms with Crippen molar-refractivity contribution < 1.29 is 0 Å². The van der Waals surface area contributed by atoms with Gasteiger partial charge in [0, 0.05) is 0 Å². The Labute approximate surface area is 195 Å². The van der Waals surface area contributed by atoms with E-state index in [1.165, 1.54) is 43.4 Å². The molecular weight excluding hydrogens is 412 g/mol. The fraction of sp³-hybridized carbons (Fsp3) is 0.379. The summed E-state index contributed by atoms with van der Waals surface area (Å²) in [5.74, 6) is 0. The summed E-state index contributed by atoms with van der Waals surface area (Å²) in [6, 6.07) is 22.8. The van der Waals surface area contributed by atoms with Crippen LogP contribution in [0.3, 0.4) is 0 Å². The summed E-state index contributed by atoms with van der Waals surface area (Å²) in [6.45, 7) is 20.2. The average Bonchev–Trinajstić information content (AvgIpc) is 2.64. The molecular formula is C29H37ClSi. The van der Waals surface area contributed by atoms with E-state index in [0.717, 1.165) is 0 Å². The number of aryl methyl sites for hydroxylation is 3. The van der Waals surface area contributed by atoms with Crippen molar-refractivity contribution in [2.24, 2.45) is 0 Å². The molecule has 164 valence electrons. The molecule has 0 fully saturated rings. The Morgan fingerprint density at radius 1 is 0.548 bits per heavy atom. The van der Waals surface area contributed by atoms with Crippen LogP contribution in [0.15, 0.2) is 60.7 Å². The maximum absolute atomic E-state index is 7.91. The van der Waals surface area contributed by atoms with Crippen LogP contribution < -0.4 is 15.6 Å². The van der Waals surface area contributed by atoms with Crippen LogP contribution in [0.2, 0.25) is 0 Å². The molecule has 0 N–H and O–H groups in total. The molecule has 3 aromatic carbocycles. The van der Waals surface area contributed by atoms with Gasteiger partial charge in [-0.05, 0) is 58.3 Å². The molecule has 1 unspecified atom stereocenters. The Morgan fingerprint density at radius 3 is 1.45 bits per heavy atom. The number of hydrogen-bond donors (Lipinski definition) is 0. The van der Waals surface area contributed by atoms with Gasteiger partial charge in [-0.3, -0.25) is 0 Å². The Bertz CT molecular complexity index is 1050. The summed E-state index contributed by atoms with van der Waals surface area (Å²) < 4.78 is 0. The lowest BCUT2D eigenvalue weighted by Crippen LogP contribution is -2.63. The van der Waals surface area contributed by atoms with E-state index in [0.29, 0.717) is 0 Å². The zero-order valence-corrected chi connectivity index (χ0v) is 22.4. The molecule has 0 nitrogen and oxygen atoms in total. The van der Waals surface area contributed by atoms with Crippen molar-refractivity contribution in [1.82, 2.24) is 0 Å². The topological polar surface area (TPSA) is 0 Å². The van der Waals surface area contributed by atoms with Gasteiger partial charge in [0.2, 0.25) is 7.38 Å². The van der Waals surface area contributed by atoms with Gasteiger partial charge >= 0.3 is 0 Å². The maximum Gasteiger partial charge on any atom is 0.247 e. The fourth-order valence-corrected chi connectivity index (χ4v) is 8.55. The molecule has 3 aromatic rings. The Balaban J connectivity index is 2.43. The Hall–Kier alpha value is -1.83. The van der Waals surface area contributed by atoms with E-state index in [4.69, 9.17) is 11.1 Å². The second-order valence-electron chi connectivity index (χ2n) is 11.2. The number of hydrogen-bond acceptors (Lipinski definition) is 0. The third-order valence-corrected chi connectivity index (χ3v) is 11.3. The van der Waals surface area contributed by atoms with Gasteiger partial charge in [-0.2, -0.15) is 0 Å². The number of rotatable bonds is 3. The number of halogens is 1. The van der Waals surface area contributed by atoms with Crippen molar-refractivity contribution in [1.29, 1.82) is 0 Å². The minimum atomic E-state index is -2.72. The zero-order chi connectivity index (χ0) is 23.2. The molecule has 0 saturated heterocycles. The van der Waals surface area contributed by atoms with E-state index in [1.54, 1.807) is 0 Å². The van der Waals surface area contributed by atoms with E-state index in [-0.39, 0.29) is 10.8 Å². The third kappa shape index (κ3) is 4.99. The molecule has 0 amide bonds. The monoisotopic (exact) mass is 448 g/mol. The fourth-order valence-electron chi connectivity index (χ4n) is 4.23. The smallest absolute Gasteiger partial charge is 0.149 e. The molecule has 2 heteroatoms. The van der Waals surface area contributed by atoms with Gasteiger partial charge in [0.1, 0.15) is 0 Å². The van der Waals surface area contributed by atoms with E-state index in [1.807, 2.05) is 0 Å². The normalized spacial score (nSPS) is 14.4. The van der Waals surface area contributed by atoms with Gasteiger partial charge in [0.05, 0.1) is 0 Å². The molecule has 0 heterocycles. The SMILES string of the molecule is Cc1cccc([Si](Cl)(c2cc(C)cc(C)c2)c2cc(C(C)(C)C)cc(C(C)(C)C)c2)c1. The summed E-state index contributed by atoms with van der Waals surface area (Å²) in [4.78, 5) is 0. The van der Waals surface area contributed by atoms with Crippen LogP contribution in [0, 0.1) is 20.8 Å². The highest BCUT2D eigenvalue weighted by molar-refractivity contribution is 7.40. The van der Waals surface area contributed by atoms with Crippen LogP contribution in [0.1, 0.15) is 69.4 Å². The molecule has 0 spiro atoms. The Kier molecular flexibility index (Phi) is 6.35. The largest absolute Gasteiger partial charge is 0.247 e. The van der Waals surface area contributed by atoms with Crippen LogP contribution in [0.4, 0.5) is 0 Å². The lowest BCUT2D eigenvalue weighted by Gasteiger charge is -2.32. The Morgan fingerprint density at radius 2 is 1.00 bits per heavy atom. The van der Waals surface area contributed by atoms with Crippen molar-refractivity contribution in [2.75, 3.05) is 0 Å². The summed E-state index contributed by atoms with van der Waals surface area (Å²) in [5, 5.41) is 3.80. The standard InChI is InChI=1S/C29H37ClSi/c1-20-11-10-12-25(14-20)31(30,26-15-21(2)13-22(3)16-26)27-18-23(28(4,5)6)17-24(19-27)29(7,8)9/h10-19H,1-9H3. The minimum Gasteiger partial charge on any atom is -0.149 e. The lowest BCUT2D eigenvalue weighted by molar-refractivity contribution is 0.569. The summed E-state index contributed by atoms with van der Waals surface area (Å²) in [6.07, 6.45) is 0. The molecule has 0 aromatic heterocycles. The van der Waals surface area contributed by atoms with Gasteiger partial charge in [-0.1, -0.05) is 119 Å². The molecule has 0 aliphatic carbocycles. The van der Waals surface area contributed by atoms with Crippen molar-refractivity contribution in [3.05, 3.63) is 88.5 Å². The first-order chi connectivity index (χ1) is 14.2. The van der Waals surface area contributed by atoms with E-state index >= 15 is 0 Å². The second kappa shape index (κ2) is 8.26. The van der Waals surface area contributed by atoms with Gasteiger partial charge in [-0.25, -0.2) is 0 Å². The van der Waals surface area contributed by atoms with E-state index < -0.39 is 7.38 Å². The molecule has 3 rings (SSSR count). The second-order valence-corrected chi connectivity index (χ2v) is 16.0. The highest BCUT2D eigenvalue weighted by Crippen LogP contribution is 2.29. The predicted molar refractivity (Wildman–Crippen MR) is 141 cm³/mol. The first kappa shape index (κ1) is 23.8. The van der Waals surface area contributed by atoms with Crippen LogP contribution in [0.5, 0.6) is 0 Å². The average molecular weight is 449 g/mol. The van der Waals surface area contributed by atoms with Crippen LogP contribution >= 0.6 is 11.1 Å². The van der Waals surface area contributed by atoms with Gasteiger partial charge in [0.15, 0.2) is 0 Å². The molecule has 31 heavy (non-hydrogen) atoms. The summed E-state index contributed by atoms with van der Waals surface area (Å²) >= 11 is 7.91. The maximum atomic E-state index is 7.91. The lowest BCUT2D eigenvalue weighted by atomic mass is 9.81. The van der Waals surface area contributed by atoms with E-state index in [9.17, 15) is 0 Å². The quantitative estimate of drug-likeness (QED) is 0.246. The van der Waals surface area contributed by atoms with Crippen molar-refractivity contribution >= 4 is 34.0 Å². The first-order valence-corrected chi connectivity index (χ1v) is 14.2. The summed E-state index contributed by atoms with van der Waals surface area (Å²) in [5.41, 5.74) is 6.59. The molecule has 0 aliphatic heterocycles. The van der Waals surface area contributed by atoms with Gasteiger partial charge < -0.3 is 0 Å². The molecule has 0 aliphatic rings. The molecule has 1 atom stereocenters. The van der Waals surface area contributed by atoms with Crippen LogP contribution in [-0.2, 0) is 10.8 Å². The molecule has 0 bridgehead atoms. The van der Waals surface area contributed by atoms with Gasteiger partial charge in [0.25, 0.3) is 0 Å². The van der Waals surface area contributed by atoms with Crippen LogP contribution in [-0.4, -0.2) is 7.38 Å². The van der Waals surface area contributed by atoms with E-state index in [2.05, 4.69) is 123 Å². The van der Waals surface area contributed by atoms with Gasteiger partial charge in [-0.15, -0.1) is 11.1 Å². The molecule has 0 saturated carbocycles.